The SMILES string of the molecule is CN1CCN(c2cc(N3CCOCC3)ccc2[N+](=O)[O-])CC1. The lowest BCUT2D eigenvalue weighted by atomic mass is 10.1. The summed E-state index contributed by atoms with van der Waals surface area (Å²) in [6, 6.07) is 5.45. The van der Waals surface area contributed by atoms with Crippen molar-refractivity contribution in [3.05, 3.63) is 28.3 Å². The molecule has 2 saturated heterocycles. The largest absolute Gasteiger partial charge is 0.378 e. The van der Waals surface area contributed by atoms with Gasteiger partial charge in [-0.05, 0) is 19.2 Å². The quantitative estimate of drug-likeness (QED) is 0.617. The second-order valence-electron chi connectivity index (χ2n) is 5.82. The Kier molecular flexibility index (Phi) is 4.44. The highest BCUT2D eigenvalue weighted by molar-refractivity contribution is 5.70. The third-order valence-electron chi connectivity index (χ3n) is 4.38. The van der Waals surface area contributed by atoms with E-state index < -0.39 is 0 Å². The molecule has 1 aromatic rings. The van der Waals surface area contributed by atoms with E-state index in [9.17, 15) is 10.1 Å². The van der Waals surface area contributed by atoms with Crippen molar-refractivity contribution in [3.8, 4) is 0 Å². The standard InChI is InChI=1S/C15H22N4O3/c1-16-4-6-18(7-5-16)15-12-13(2-3-14(15)19(20)21)17-8-10-22-11-9-17/h2-3,12H,4-11H2,1H3. The van der Waals surface area contributed by atoms with Gasteiger partial charge in [0.2, 0.25) is 0 Å². The summed E-state index contributed by atoms with van der Waals surface area (Å²) >= 11 is 0. The molecule has 0 amide bonds. The van der Waals surface area contributed by atoms with Crippen molar-refractivity contribution in [2.75, 3.05) is 69.3 Å². The number of benzene rings is 1. The summed E-state index contributed by atoms with van der Waals surface area (Å²) in [5.74, 6) is 0. The van der Waals surface area contributed by atoms with E-state index in [1.165, 1.54) is 0 Å². The van der Waals surface area contributed by atoms with Crippen LogP contribution in [0.25, 0.3) is 0 Å². The van der Waals surface area contributed by atoms with E-state index in [0.29, 0.717) is 13.2 Å². The maximum Gasteiger partial charge on any atom is 0.292 e. The highest BCUT2D eigenvalue weighted by Crippen LogP contribution is 2.33. The maximum absolute atomic E-state index is 11.4. The van der Waals surface area contributed by atoms with E-state index in [4.69, 9.17) is 4.74 Å². The zero-order valence-electron chi connectivity index (χ0n) is 12.9. The number of ether oxygens (including phenoxy) is 1. The van der Waals surface area contributed by atoms with Gasteiger partial charge in [-0.25, -0.2) is 0 Å². The van der Waals surface area contributed by atoms with Gasteiger partial charge in [-0.1, -0.05) is 0 Å². The molecule has 0 saturated carbocycles. The normalized spacial score (nSPS) is 20.2. The molecule has 3 rings (SSSR count). The molecule has 1 aromatic carbocycles. The van der Waals surface area contributed by atoms with Crippen LogP contribution in [-0.4, -0.2) is 69.4 Å². The summed E-state index contributed by atoms with van der Waals surface area (Å²) in [5.41, 5.74) is 1.98. The van der Waals surface area contributed by atoms with Gasteiger partial charge in [-0.2, -0.15) is 0 Å². The second-order valence-corrected chi connectivity index (χ2v) is 5.82. The number of anilines is 2. The van der Waals surface area contributed by atoms with Crippen LogP contribution in [0, 0.1) is 10.1 Å². The van der Waals surface area contributed by atoms with Crippen molar-refractivity contribution in [2.24, 2.45) is 0 Å². The molecule has 7 nitrogen and oxygen atoms in total. The Hall–Kier alpha value is -1.86. The van der Waals surface area contributed by atoms with Crippen LogP contribution >= 0.6 is 0 Å². The van der Waals surface area contributed by atoms with E-state index in [1.807, 2.05) is 12.1 Å². The van der Waals surface area contributed by atoms with Gasteiger partial charge in [0.1, 0.15) is 5.69 Å². The first-order valence-corrected chi connectivity index (χ1v) is 7.70. The van der Waals surface area contributed by atoms with E-state index >= 15 is 0 Å². The van der Waals surface area contributed by atoms with Gasteiger partial charge in [0.15, 0.2) is 0 Å². The fourth-order valence-corrected chi connectivity index (χ4v) is 2.99. The lowest BCUT2D eigenvalue weighted by molar-refractivity contribution is -0.384. The zero-order chi connectivity index (χ0) is 15.5. The minimum atomic E-state index is -0.281. The van der Waals surface area contributed by atoms with E-state index in [-0.39, 0.29) is 10.6 Å². The molecule has 0 aromatic heterocycles. The summed E-state index contributed by atoms with van der Waals surface area (Å²) in [7, 11) is 2.08. The van der Waals surface area contributed by atoms with Crippen LogP contribution in [-0.2, 0) is 4.74 Å². The van der Waals surface area contributed by atoms with Crippen LogP contribution in [0.5, 0.6) is 0 Å². The van der Waals surface area contributed by atoms with E-state index in [1.54, 1.807) is 6.07 Å². The zero-order valence-corrected chi connectivity index (χ0v) is 12.9. The Bertz CT molecular complexity index is 538. The van der Waals surface area contributed by atoms with Gasteiger partial charge in [0.25, 0.3) is 5.69 Å². The molecule has 0 radical (unpaired) electrons. The highest BCUT2D eigenvalue weighted by Gasteiger charge is 2.24. The molecule has 0 atom stereocenters. The summed E-state index contributed by atoms with van der Waals surface area (Å²) in [6.45, 7) is 6.59. The van der Waals surface area contributed by atoms with Gasteiger partial charge in [0, 0.05) is 51.0 Å². The molecule has 2 aliphatic rings. The molecular weight excluding hydrogens is 284 g/mol. The van der Waals surface area contributed by atoms with Crippen LogP contribution in [0.15, 0.2) is 18.2 Å². The maximum atomic E-state index is 11.4. The number of hydrogen-bond donors (Lipinski definition) is 0. The molecule has 0 unspecified atom stereocenters. The Morgan fingerprint density at radius 3 is 2.36 bits per heavy atom. The minimum absolute atomic E-state index is 0.196. The second kappa shape index (κ2) is 6.50. The van der Waals surface area contributed by atoms with Crippen molar-refractivity contribution in [3.63, 3.8) is 0 Å². The Labute approximate surface area is 130 Å². The van der Waals surface area contributed by atoms with Crippen molar-refractivity contribution in [1.82, 2.24) is 4.90 Å². The first kappa shape index (κ1) is 15.1. The molecular formula is C15H22N4O3. The molecule has 0 spiro atoms. The third kappa shape index (κ3) is 3.15. The Morgan fingerprint density at radius 2 is 1.73 bits per heavy atom. The summed E-state index contributed by atoms with van der Waals surface area (Å²) in [6.07, 6.45) is 0. The fraction of sp³-hybridized carbons (Fsp3) is 0.600. The van der Waals surface area contributed by atoms with Gasteiger partial charge >= 0.3 is 0 Å². The summed E-state index contributed by atoms with van der Waals surface area (Å²) < 4.78 is 5.38. The molecule has 22 heavy (non-hydrogen) atoms. The average Bonchev–Trinajstić information content (AvgIpc) is 2.56. The highest BCUT2D eigenvalue weighted by atomic mass is 16.6. The van der Waals surface area contributed by atoms with Gasteiger partial charge in [0.05, 0.1) is 18.1 Å². The molecule has 120 valence electrons. The van der Waals surface area contributed by atoms with Crippen LogP contribution in [0.1, 0.15) is 0 Å². The average molecular weight is 306 g/mol. The summed E-state index contributed by atoms with van der Waals surface area (Å²) in [5, 5.41) is 11.4. The number of likely N-dealkylation sites (N-methyl/N-ethyl adjacent to an activating group) is 1. The van der Waals surface area contributed by atoms with Gasteiger partial charge in [-0.3, -0.25) is 10.1 Å². The monoisotopic (exact) mass is 306 g/mol. The molecule has 2 fully saturated rings. The molecule has 2 heterocycles. The van der Waals surface area contributed by atoms with Crippen LogP contribution in [0.3, 0.4) is 0 Å². The third-order valence-corrected chi connectivity index (χ3v) is 4.38. The smallest absolute Gasteiger partial charge is 0.292 e. The number of hydrogen-bond acceptors (Lipinski definition) is 6. The lowest BCUT2D eigenvalue weighted by Crippen LogP contribution is -2.44. The van der Waals surface area contributed by atoms with E-state index in [2.05, 4.69) is 21.7 Å². The van der Waals surface area contributed by atoms with E-state index in [0.717, 1.165) is 50.6 Å². The lowest BCUT2D eigenvalue weighted by Gasteiger charge is -2.35. The Morgan fingerprint density at radius 1 is 1.05 bits per heavy atom. The van der Waals surface area contributed by atoms with Crippen molar-refractivity contribution in [2.45, 2.75) is 0 Å². The first-order chi connectivity index (χ1) is 10.6. The predicted molar refractivity (Wildman–Crippen MR) is 85.8 cm³/mol. The fourth-order valence-electron chi connectivity index (χ4n) is 2.99. The van der Waals surface area contributed by atoms with Gasteiger partial charge < -0.3 is 19.4 Å². The van der Waals surface area contributed by atoms with Crippen molar-refractivity contribution in [1.29, 1.82) is 0 Å². The molecule has 2 aliphatic heterocycles. The molecule has 0 bridgehead atoms. The van der Waals surface area contributed by atoms with Crippen LogP contribution in [0.2, 0.25) is 0 Å². The topological polar surface area (TPSA) is 62.1 Å². The number of rotatable bonds is 3. The Balaban J connectivity index is 1.88. The van der Waals surface area contributed by atoms with Crippen LogP contribution < -0.4 is 9.80 Å². The summed E-state index contributed by atoms with van der Waals surface area (Å²) in [4.78, 5) is 17.7. The predicted octanol–water partition coefficient (Wildman–Crippen LogP) is 1.18. The molecule has 7 heteroatoms. The van der Waals surface area contributed by atoms with Crippen LogP contribution in [0.4, 0.5) is 17.1 Å². The number of morpholine rings is 1. The van der Waals surface area contributed by atoms with Crippen molar-refractivity contribution >= 4 is 17.1 Å². The number of nitro benzene ring substituents is 1. The van der Waals surface area contributed by atoms with Gasteiger partial charge in [-0.15, -0.1) is 0 Å². The minimum Gasteiger partial charge on any atom is -0.378 e. The number of nitrogens with zero attached hydrogens (tertiary/aromatic N) is 4. The molecule has 0 aliphatic carbocycles. The first-order valence-electron chi connectivity index (χ1n) is 7.70. The van der Waals surface area contributed by atoms with Crippen molar-refractivity contribution < 1.29 is 9.66 Å². The number of piperazine rings is 1. The number of nitro groups is 1. The molecule has 0 N–H and O–H groups in total.